The third kappa shape index (κ3) is 3.34. The number of rotatable bonds is 3. The second-order valence-electron chi connectivity index (χ2n) is 4.17. The molecule has 0 saturated carbocycles. The SMILES string of the molecule is Cc1cc(S(=O)(=O)Nc2cc(F)cc(F)c2)ccc1Br. The first-order chi connectivity index (χ1) is 9.28. The Kier molecular flexibility index (Phi) is 4.10. The first-order valence-corrected chi connectivity index (χ1v) is 7.80. The van der Waals surface area contributed by atoms with Crippen LogP contribution in [-0.2, 0) is 10.0 Å². The molecular weight excluding hydrogens is 352 g/mol. The first kappa shape index (κ1) is 14.9. The number of benzene rings is 2. The normalized spacial score (nSPS) is 11.4. The molecule has 2 rings (SSSR count). The maximum Gasteiger partial charge on any atom is 0.261 e. The van der Waals surface area contributed by atoms with Crippen molar-refractivity contribution in [2.75, 3.05) is 4.72 Å². The molecule has 2 aromatic carbocycles. The Labute approximate surface area is 123 Å². The topological polar surface area (TPSA) is 46.2 Å². The van der Waals surface area contributed by atoms with Gasteiger partial charge in [-0.1, -0.05) is 15.9 Å². The molecule has 0 aliphatic heterocycles. The molecule has 20 heavy (non-hydrogen) atoms. The lowest BCUT2D eigenvalue weighted by Gasteiger charge is -2.09. The molecule has 0 heterocycles. The van der Waals surface area contributed by atoms with Crippen molar-refractivity contribution in [2.24, 2.45) is 0 Å². The Morgan fingerprint density at radius 3 is 2.20 bits per heavy atom. The fourth-order valence-corrected chi connectivity index (χ4v) is 2.98. The van der Waals surface area contributed by atoms with Crippen LogP contribution < -0.4 is 4.72 Å². The average Bonchev–Trinajstić information content (AvgIpc) is 2.30. The van der Waals surface area contributed by atoms with E-state index in [4.69, 9.17) is 0 Å². The fourth-order valence-electron chi connectivity index (χ4n) is 1.61. The van der Waals surface area contributed by atoms with Crippen LogP contribution in [0.4, 0.5) is 14.5 Å². The van der Waals surface area contributed by atoms with Gasteiger partial charge in [0.25, 0.3) is 10.0 Å². The summed E-state index contributed by atoms with van der Waals surface area (Å²) in [6.45, 7) is 1.74. The highest BCUT2D eigenvalue weighted by molar-refractivity contribution is 9.10. The van der Waals surface area contributed by atoms with Crippen molar-refractivity contribution < 1.29 is 17.2 Å². The van der Waals surface area contributed by atoms with Gasteiger partial charge >= 0.3 is 0 Å². The molecular formula is C13H10BrF2NO2S. The predicted octanol–water partition coefficient (Wildman–Crippen LogP) is 3.84. The molecule has 7 heteroatoms. The molecule has 3 nitrogen and oxygen atoms in total. The molecule has 0 aromatic heterocycles. The third-order valence-electron chi connectivity index (χ3n) is 2.55. The standard InChI is InChI=1S/C13H10BrF2NO2S/c1-8-4-12(2-3-13(8)14)20(18,19)17-11-6-9(15)5-10(16)7-11/h2-7,17H,1H3. The van der Waals surface area contributed by atoms with E-state index in [1.165, 1.54) is 12.1 Å². The Bertz CT molecular complexity index is 743. The lowest BCUT2D eigenvalue weighted by molar-refractivity contribution is 0.584. The van der Waals surface area contributed by atoms with Crippen molar-refractivity contribution >= 4 is 31.6 Å². The van der Waals surface area contributed by atoms with Gasteiger partial charge in [0.15, 0.2) is 0 Å². The highest BCUT2D eigenvalue weighted by atomic mass is 79.9. The predicted molar refractivity (Wildman–Crippen MR) is 76.0 cm³/mol. The summed E-state index contributed by atoms with van der Waals surface area (Å²) < 4.78 is 53.2. The molecule has 0 aliphatic rings. The summed E-state index contributed by atoms with van der Waals surface area (Å²) in [4.78, 5) is 0.0165. The summed E-state index contributed by atoms with van der Waals surface area (Å²) in [6, 6.07) is 6.94. The summed E-state index contributed by atoms with van der Waals surface area (Å²) in [5.41, 5.74) is 0.571. The molecule has 106 valence electrons. The van der Waals surface area contributed by atoms with E-state index in [0.29, 0.717) is 6.07 Å². The zero-order chi connectivity index (χ0) is 14.9. The molecule has 0 aliphatic carbocycles. The number of halogens is 3. The highest BCUT2D eigenvalue weighted by Gasteiger charge is 2.16. The van der Waals surface area contributed by atoms with E-state index in [2.05, 4.69) is 20.7 Å². The quantitative estimate of drug-likeness (QED) is 0.902. The van der Waals surface area contributed by atoms with E-state index in [9.17, 15) is 17.2 Å². The van der Waals surface area contributed by atoms with Crippen LogP contribution in [0.25, 0.3) is 0 Å². The Morgan fingerprint density at radius 2 is 1.65 bits per heavy atom. The van der Waals surface area contributed by atoms with Gasteiger partial charge in [0, 0.05) is 10.5 Å². The average molecular weight is 362 g/mol. The number of aryl methyl sites for hydroxylation is 1. The second kappa shape index (κ2) is 5.49. The monoisotopic (exact) mass is 361 g/mol. The number of hydrogen-bond donors (Lipinski definition) is 1. The zero-order valence-corrected chi connectivity index (χ0v) is 12.7. The summed E-state index contributed by atoms with van der Waals surface area (Å²) in [6.07, 6.45) is 0. The Hall–Kier alpha value is -1.47. The van der Waals surface area contributed by atoms with Crippen molar-refractivity contribution in [2.45, 2.75) is 11.8 Å². The molecule has 0 atom stereocenters. The van der Waals surface area contributed by atoms with Crippen LogP contribution in [0.1, 0.15) is 5.56 Å². The summed E-state index contributed by atoms with van der Waals surface area (Å²) in [5.74, 6) is -1.70. The van der Waals surface area contributed by atoms with E-state index in [1.807, 2.05) is 0 Å². The number of anilines is 1. The minimum Gasteiger partial charge on any atom is -0.279 e. The van der Waals surface area contributed by atoms with Crippen LogP contribution in [0, 0.1) is 18.6 Å². The van der Waals surface area contributed by atoms with Crippen LogP contribution in [0.15, 0.2) is 45.8 Å². The maximum atomic E-state index is 13.0. The molecule has 2 aromatic rings. The highest BCUT2D eigenvalue weighted by Crippen LogP contribution is 2.22. The third-order valence-corrected chi connectivity index (χ3v) is 4.82. The van der Waals surface area contributed by atoms with Gasteiger partial charge in [0.2, 0.25) is 0 Å². The fraction of sp³-hybridized carbons (Fsp3) is 0.0769. The van der Waals surface area contributed by atoms with E-state index >= 15 is 0 Å². The van der Waals surface area contributed by atoms with E-state index in [-0.39, 0.29) is 10.6 Å². The smallest absolute Gasteiger partial charge is 0.261 e. The Balaban J connectivity index is 2.37. The van der Waals surface area contributed by atoms with Crippen LogP contribution in [0.3, 0.4) is 0 Å². The van der Waals surface area contributed by atoms with E-state index in [1.54, 1.807) is 13.0 Å². The number of nitrogens with one attached hydrogen (secondary N) is 1. The van der Waals surface area contributed by atoms with Gasteiger partial charge in [0.05, 0.1) is 10.6 Å². The van der Waals surface area contributed by atoms with Gasteiger partial charge in [-0.2, -0.15) is 0 Å². The minimum atomic E-state index is -3.89. The van der Waals surface area contributed by atoms with Gasteiger partial charge in [-0.05, 0) is 42.8 Å². The van der Waals surface area contributed by atoms with Gasteiger partial charge < -0.3 is 0 Å². The molecule has 1 N–H and O–H groups in total. The largest absolute Gasteiger partial charge is 0.279 e. The van der Waals surface area contributed by atoms with Crippen LogP contribution >= 0.6 is 15.9 Å². The molecule has 0 bridgehead atoms. The number of hydrogen-bond acceptors (Lipinski definition) is 2. The van der Waals surface area contributed by atoms with Gasteiger partial charge in [-0.3, -0.25) is 4.72 Å². The zero-order valence-electron chi connectivity index (χ0n) is 10.3. The molecule has 0 amide bonds. The lowest BCUT2D eigenvalue weighted by Crippen LogP contribution is -2.13. The van der Waals surface area contributed by atoms with E-state index < -0.39 is 21.7 Å². The molecule has 0 radical (unpaired) electrons. The number of sulfonamides is 1. The molecule has 0 saturated heterocycles. The van der Waals surface area contributed by atoms with Crippen LogP contribution in [0.5, 0.6) is 0 Å². The van der Waals surface area contributed by atoms with Crippen LogP contribution in [0.2, 0.25) is 0 Å². The van der Waals surface area contributed by atoms with Crippen molar-refractivity contribution in [1.29, 1.82) is 0 Å². The van der Waals surface area contributed by atoms with Crippen molar-refractivity contribution in [3.8, 4) is 0 Å². The van der Waals surface area contributed by atoms with Crippen molar-refractivity contribution in [3.05, 3.63) is 58.1 Å². The molecule has 0 spiro atoms. The molecule has 0 unspecified atom stereocenters. The van der Waals surface area contributed by atoms with Crippen molar-refractivity contribution in [3.63, 3.8) is 0 Å². The Morgan fingerprint density at radius 1 is 1.05 bits per heavy atom. The minimum absolute atomic E-state index is 0.0165. The summed E-state index contributed by atoms with van der Waals surface area (Å²) >= 11 is 3.27. The lowest BCUT2D eigenvalue weighted by atomic mass is 10.2. The van der Waals surface area contributed by atoms with Gasteiger partial charge in [0.1, 0.15) is 11.6 Å². The maximum absolute atomic E-state index is 13.0. The second-order valence-corrected chi connectivity index (χ2v) is 6.71. The van der Waals surface area contributed by atoms with Crippen LogP contribution in [-0.4, -0.2) is 8.42 Å². The first-order valence-electron chi connectivity index (χ1n) is 5.53. The summed E-state index contributed by atoms with van der Waals surface area (Å²) in [7, 11) is -3.89. The summed E-state index contributed by atoms with van der Waals surface area (Å²) in [5, 5.41) is 0. The van der Waals surface area contributed by atoms with E-state index in [0.717, 1.165) is 22.2 Å². The van der Waals surface area contributed by atoms with Crippen molar-refractivity contribution in [1.82, 2.24) is 0 Å². The molecule has 0 fully saturated rings. The van der Waals surface area contributed by atoms with Gasteiger partial charge in [-0.15, -0.1) is 0 Å². The van der Waals surface area contributed by atoms with Gasteiger partial charge in [-0.25, -0.2) is 17.2 Å².